The Morgan fingerprint density at radius 1 is 1.50 bits per heavy atom. The van der Waals surface area contributed by atoms with Crippen molar-refractivity contribution >= 4 is 17.1 Å². The van der Waals surface area contributed by atoms with Crippen molar-refractivity contribution in [2.75, 3.05) is 0 Å². The lowest BCUT2D eigenvalue weighted by atomic mass is 9.99. The molecule has 0 bridgehead atoms. The second kappa shape index (κ2) is 3.93. The lowest BCUT2D eigenvalue weighted by molar-refractivity contribution is 0.100. The number of rotatable bonds is 2. The molecule has 0 spiro atoms. The number of aryl methyl sites for hydroxylation is 2. The molecule has 0 fully saturated rings. The van der Waals surface area contributed by atoms with Crippen molar-refractivity contribution in [2.45, 2.75) is 32.1 Å². The van der Waals surface area contributed by atoms with Gasteiger partial charge in [0.15, 0.2) is 5.78 Å². The zero-order valence-electron chi connectivity index (χ0n) is 7.88. The number of ketones is 1. The van der Waals surface area contributed by atoms with Gasteiger partial charge < -0.3 is 0 Å². The van der Waals surface area contributed by atoms with E-state index in [4.69, 9.17) is 5.26 Å². The molecule has 2 rings (SSSR count). The third-order valence-corrected chi connectivity index (χ3v) is 3.79. The van der Waals surface area contributed by atoms with Gasteiger partial charge in [0.25, 0.3) is 0 Å². The molecule has 0 atom stereocenters. The SMILES string of the molecule is N#CCC(=O)c1cc2c(s1)CCCC2. The number of hydrogen-bond donors (Lipinski definition) is 0. The maximum atomic E-state index is 11.5. The van der Waals surface area contributed by atoms with Crippen LogP contribution in [0.5, 0.6) is 0 Å². The van der Waals surface area contributed by atoms with Crippen LogP contribution in [0, 0.1) is 11.3 Å². The summed E-state index contributed by atoms with van der Waals surface area (Å²) < 4.78 is 0. The number of carbonyl (C=O) groups excluding carboxylic acids is 1. The fourth-order valence-electron chi connectivity index (χ4n) is 1.79. The molecule has 72 valence electrons. The summed E-state index contributed by atoms with van der Waals surface area (Å²) >= 11 is 1.58. The molecule has 1 aliphatic carbocycles. The average Bonchev–Trinajstić information content (AvgIpc) is 2.61. The van der Waals surface area contributed by atoms with Crippen LogP contribution in [0.4, 0.5) is 0 Å². The second-order valence-corrected chi connectivity index (χ2v) is 4.66. The van der Waals surface area contributed by atoms with E-state index in [1.807, 2.05) is 12.1 Å². The highest BCUT2D eigenvalue weighted by Crippen LogP contribution is 2.30. The molecule has 1 aromatic heterocycles. The van der Waals surface area contributed by atoms with E-state index in [1.165, 1.54) is 23.3 Å². The summed E-state index contributed by atoms with van der Waals surface area (Å²) in [4.78, 5) is 13.6. The Bertz CT molecular complexity index is 376. The quantitative estimate of drug-likeness (QED) is 0.696. The normalized spacial score (nSPS) is 14.5. The fourth-order valence-corrected chi connectivity index (χ4v) is 2.98. The third-order valence-electron chi connectivity index (χ3n) is 2.51. The summed E-state index contributed by atoms with van der Waals surface area (Å²) in [5, 5.41) is 8.43. The van der Waals surface area contributed by atoms with Crippen LogP contribution in [-0.2, 0) is 12.8 Å². The standard InChI is InChI=1S/C11H11NOS/c12-6-5-9(13)11-7-8-3-1-2-4-10(8)14-11/h7H,1-5H2. The highest BCUT2D eigenvalue weighted by Gasteiger charge is 2.16. The Balaban J connectivity index is 2.24. The van der Waals surface area contributed by atoms with Crippen molar-refractivity contribution in [3.8, 4) is 6.07 Å². The predicted molar refractivity (Wildman–Crippen MR) is 55.5 cm³/mol. The van der Waals surface area contributed by atoms with Gasteiger partial charge in [-0.1, -0.05) is 0 Å². The predicted octanol–water partition coefficient (Wildman–Crippen LogP) is 2.72. The molecule has 2 nitrogen and oxygen atoms in total. The van der Waals surface area contributed by atoms with Gasteiger partial charge in [0.05, 0.1) is 17.4 Å². The number of thiophene rings is 1. The van der Waals surface area contributed by atoms with Gasteiger partial charge in [0.1, 0.15) is 0 Å². The molecule has 1 aromatic rings. The number of hydrogen-bond acceptors (Lipinski definition) is 3. The number of fused-ring (bicyclic) bond motifs is 1. The number of nitrogens with zero attached hydrogens (tertiary/aromatic N) is 1. The minimum absolute atomic E-state index is 0.0133. The minimum atomic E-state index is -0.0214. The third kappa shape index (κ3) is 1.71. The van der Waals surface area contributed by atoms with Crippen LogP contribution >= 0.6 is 11.3 Å². The van der Waals surface area contributed by atoms with Crippen molar-refractivity contribution < 1.29 is 4.79 Å². The van der Waals surface area contributed by atoms with Gasteiger partial charge in [-0.2, -0.15) is 5.26 Å². The van der Waals surface area contributed by atoms with E-state index in [0.717, 1.165) is 17.7 Å². The summed E-state index contributed by atoms with van der Waals surface area (Å²) in [5.74, 6) is -0.0214. The van der Waals surface area contributed by atoms with Crippen LogP contribution in [0.1, 0.15) is 39.4 Å². The van der Waals surface area contributed by atoms with Crippen molar-refractivity contribution in [3.63, 3.8) is 0 Å². The molecule has 0 unspecified atom stereocenters. The van der Waals surface area contributed by atoms with Gasteiger partial charge in [0, 0.05) is 4.88 Å². The van der Waals surface area contributed by atoms with Crippen molar-refractivity contribution in [3.05, 3.63) is 21.4 Å². The van der Waals surface area contributed by atoms with Crippen molar-refractivity contribution in [1.82, 2.24) is 0 Å². The summed E-state index contributed by atoms with van der Waals surface area (Å²) in [6, 6.07) is 3.89. The smallest absolute Gasteiger partial charge is 0.186 e. The molecule has 14 heavy (non-hydrogen) atoms. The Morgan fingerprint density at radius 3 is 3.00 bits per heavy atom. The monoisotopic (exact) mass is 205 g/mol. The molecule has 0 saturated carbocycles. The van der Waals surface area contributed by atoms with Crippen LogP contribution in [0.3, 0.4) is 0 Å². The van der Waals surface area contributed by atoms with E-state index in [2.05, 4.69) is 0 Å². The van der Waals surface area contributed by atoms with Gasteiger partial charge in [0.2, 0.25) is 0 Å². The highest BCUT2D eigenvalue weighted by molar-refractivity contribution is 7.14. The van der Waals surface area contributed by atoms with Crippen LogP contribution in [0.15, 0.2) is 6.07 Å². The van der Waals surface area contributed by atoms with Crippen LogP contribution < -0.4 is 0 Å². The molecule has 0 aromatic carbocycles. The lowest BCUT2D eigenvalue weighted by Gasteiger charge is -2.08. The van der Waals surface area contributed by atoms with Gasteiger partial charge in [-0.15, -0.1) is 11.3 Å². The van der Waals surface area contributed by atoms with E-state index in [0.29, 0.717) is 0 Å². The Hall–Kier alpha value is -1.14. The molecule has 0 radical (unpaired) electrons. The van der Waals surface area contributed by atoms with E-state index in [1.54, 1.807) is 11.3 Å². The second-order valence-electron chi connectivity index (χ2n) is 3.52. The molecule has 3 heteroatoms. The molecule has 1 aliphatic rings. The van der Waals surface area contributed by atoms with E-state index in [-0.39, 0.29) is 12.2 Å². The van der Waals surface area contributed by atoms with Crippen molar-refractivity contribution in [1.29, 1.82) is 5.26 Å². The van der Waals surface area contributed by atoms with E-state index >= 15 is 0 Å². The number of Topliss-reactive ketones (excluding diaryl/α,β-unsaturated/α-hetero) is 1. The largest absolute Gasteiger partial charge is 0.292 e. The summed E-state index contributed by atoms with van der Waals surface area (Å²) in [7, 11) is 0. The first-order valence-electron chi connectivity index (χ1n) is 4.83. The molecule has 0 aliphatic heterocycles. The first-order chi connectivity index (χ1) is 6.81. The zero-order chi connectivity index (χ0) is 9.97. The maximum absolute atomic E-state index is 11.5. The minimum Gasteiger partial charge on any atom is -0.292 e. The summed E-state index contributed by atoms with van der Waals surface area (Å²) in [6.45, 7) is 0. The highest BCUT2D eigenvalue weighted by atomic mass is 32.1. The van der Waals surface area contributed by atoms with Gasteiger partial charge in [-0.25, -0.2) is 0 Å². The molecular formula is C11H11NOS. The van der Waals surface area contributed by atoms with Gasteiger partial charge in [-0.3, -0.25) is 4.79 Å². The van der Waals surface area contributed by atoms with Crippen LogP contribution in [-0.4, -0.2) is 5.78 Å². The lowest BCUT2D eigenvalue weighted by Crippen LogP contribution is -1.96. The number of carbonyl (C=O) groups is 1. The maximum Gasteiger partial charge on any atom is 0.186 e. The zero-order valence-corrected chi connectivity index (χ0v) is 8.69. The number of nitriles is 1. The van der Waals surface area contributed by atoms with Crippen LogP contribution in [0.2, 0.25) is 0 Å². The Labute approximate surface area is 87.2 Å². The molecule has 1 heterocycles. The first-order valence-corrected chi connectivity index (χ1v) is 5.64. The molecule has 0 amide bonds. The molecular weight excluding hydrogens is 194 g/mol. The topological polar surface area (TPSA) is 40.9 Å². The summed E-state index contributed by atoms with van der Waals surface area (Å²) in [6.07, 6.45) is 4.69. The molecule has 0 saturated heterocycles. The fraction of sp³-hybridized carbons (Fsp3) is 0.455. The van der Waals surface area contributed by atoms with Crippen LogP contribution in [0.25, 0.3) is 0 Å². The first kappa shape index (κ1) is 9.42. The summed E-state index contributed by atoms with van der Waals surface area (Å²) in [5.41, 5.74) is 1.34. The van der Waals surface area contributed by atoms with E-state index < -0.39 is 0 Å². The van der Waals surface area contributed by atoms with Crippen molar-refractivity contribution in [2.24, 2.45) is 0 Å². The van der Waals surface area contributed by atoms with Gasteiger partial charge >= 0.3 is 0 Å². The van der Waals surface area contributed by atoms with E-state index in [9.17, 15) is 4.79 Å². The molecule has 0 N–H and O–H groups in total. The van der Waals surface area contributed by atoms with Gasteiger partial charge in [-0.05, 0) is 37.3 Å². The Morgan fingerprint density at radius 2 is 2.29 bits per heavy atom. The average molecular weight is 205 g/mol. The Kier molecular flexibility index (Phi) is 2.64.